The Morgan fingerprint density at radius 3 is 1.44 bits per heavy atom. The van der Waals surface area contributed by atoms with Crippen molar-refractivity contribution in [1.29, 1.82) is 0 Å². The van der Waals surface area contributed by atoms with Gasteiger partial charge >= 0.3 is 17.9 Å². The minimum atomic E-state index is -1.34. The third-order valence-corrected chi connectivity index (χ3v) is 3.48. The van der Waals surface area contributed by atoms with Gasteiger partial charge in [-0.25, -0.2) is 14.4 Å². The fourth-order valence-corrected chi connectivity index (χ4v) is 2.05. The molecule has 8 heteroatoms. The summed E-state index contributed by atoms with van der Waals surface area (Å²) in [5.74, 6) is -3.67. The molecule has 0 atom stereocenters. The van der Waals surface area contributed by atoms with Crippen molar-refractivity contribution in [3.63, 3.8) is 0 Å². The SMILES string of the molecule is O=C([O-])c1ccc(C(=O)OCCCOC(=O)c2ccc(C(=O)O)cc2)cc1. The van der Waals surface area contributed by atoms with Crippen LogP contribution < -0.4 is 5.11 Å². The van der Waals surface area contributed by atoms with E-state index in [1.807, 2.05) is 0 Å². The van der Waals surface area contributed by atoms with Crippen molar-refractivity contribution in [2.75, 3.05) is 13.2 Å². The molecule has 0 saturated heterocycles. The summed E-state index contributed by atoms with van der Waals surface area (Å²) < 4.78 is 10.0. The van der Waals surface area contributed by atoms with E-state index in [1.54, 1.807) is 0 Å². The highest BCUT2D eigenvalue weighted by Gasteiger charge is 2.10. The van der Waals surface area contributed by atoms with E-state index in [1.165, 1.54) is 48.5 Å². The van der Waals surface area contributed by atoms with Crippen LogP contribution in [0.5, 0.6) is 0 Å². The van der Waals surface area contributed by atoms with Crippen LogP contribution in [0.1, 0.15) is 47.9 Å². The van der Waals surface area contributed by atoms with Crippen molar-refractivity contribution in [3.8, 4) is 0 Å². The predicted molar refractivity (Wildman–Crippen MR) is 89.4 cm³/mol. The van der Waals surface area contributed by atoms with Crippen LogP contribution in [0.15, 0.2) is 48.5 Å². The molecule has 1 N–H and O–H groups in total. The van der Waals surface area contributed by atoms with Crippen LogP contribution in [-0.2, 0) is 9.47 Å². The van der Waals surface area contributed by atoms with E-state index in [2.05, 4.69) is 0 Å². The Kier molecular flexibility index (Phi) is 6.65. The zero-order valence-corrected chi connectivity index (χ0v) is 14.0. The molecule has 0 bridgehead atoms. The molecular formula is C19H15O8-. The highest BCUT2D eigenvalue weighted by Crippen LogP contribution is 2.08. The second-order valence-corrected chi connectivity index (χ2v) is 5.37. The van der Waals surface area contributed by atoms with Gasteiger partial charge in [0, 0.05) is 6.42 Å². The Labute approximate surface area is 154 Å². The molecule has 0 aliphatic rings. The normalized spacial score (nSPS) is 10.1. The van der Waals surface area contributed by atoms with Crippen LogP contribution in [0.25, 0.3) is 0 Å². The van der Waals surface area contributed by atoms with Crippen LogP contribution in [0.2, 0.25) is 0 Å². The van der Waals surface area contributed by atoms with Gasteiger partial charge in [-0.05, 0) is 42.0 Å². The molecular weight excluding hydrogens is 356 g/mol. The van der Waals surface area contributed by atoms with Crippen molar-refractivity contribution in [3.05, 3.63) is 70.8 Å². The van der Waals surface area contributed by atoms with Gasteiger partial charge in [0.15, 0.2) is 0 Å². The van der Waals surface area contributed by atoms with Gasteiger partial charge in [-0.1, -0.05) is 12.1 Å². The smallest absolute Gasteiger partial charge is 0.338 e. The van der Waals surface area contributed by atoms with Crippen LogP contribution >= 0.6 is 0 Å². The molecule has 0 unspecified atom stereocenters. The Hall–Kier alpha value is -3.68. The molecule has 0 amide bonds. The summed E-state index contributed by atoms with van der Waals surface area (Å²) >= 11 is 0. The summed E-state index contributed by atoms with van der Waals surface area (Å²) in [6, 6.07) is 10.4. The number of hydrogen-bond donors (Lipinski definition) is 1. The Balaban J connectivity index is 1.71. The monoisotopic (exact) mass is 371 g/mol. The highest BCUT2D eigenvalue weighted by molar-refractivity contribution is 5.93. The minimum Gasteiger partial charge on any atom is -0.545 e. The second kappa shape index (κ2) is 9.14. The second-order valence-electron chi connectivity index (χ2n) is 5.37. The average molecular weight is 371 g/mol. The lowest BCUT2D eigenvalue weighted by Gasteiger charge is -2.07. The first-order valence-corrected chi connectivity index (χ1v) is 7.87. The molecule has 8 nitrogen and oxygen atoms in total. The van der Waals surface area contributed by atoms with E-state index >= 15 is 0 Å². The first kappa shape index (κ1) is 19.6. The third kappa shape index (κ3) is 5.67. The van der Waals surface area contributed by atoms with Crippen LogP contribution in [-0.4, -0.2) is 42.2 Å². The first-order valence-electron chi connectivity index (χ1n) is 7.87. The van der Waals surface area contributed by atoms with E-state index in [0.29, 0.717) is 0 Å². The maximum atomic E-state index is 11.8. The number of carboxylic acid groups (broad SMARTS) is 2. The molecule has 27 heavy (non-hydrogen) atoms. The maximum Gasteiger partial charge on any atom is 0.338 e. The summed E-state index contributed by atoms with van der Waals surface area (Å²) in [5.41, 5.74) is 0.418. The highest BCUT2D eigenvalue weighted by atomic mass is 16.5. The van der Waals surface area contributed by atoms with Crippen molar-refractivity contribution in [2.45, 2.75) is 6.42 Å². The number of rotatable bonds is 8. The topological polar surface area (TPSA) is 130 Å². The average Bonchev–Trinajstić information content (AvgIpc) is 2.67. The van der Waals surface area contributed by atoms with Gasteiger partial charge in [0.2, 0.25) is 0 Å². The number of carbonyl (C=O) groups is 4. The fourth-order valence-electron chi connectivity index (χ4n) is 2.05. The quantitative estimate of drug-likeness (QED) is 0.540. The summed E-state index contributed by atoms with van der Waals surface area (Å²) in [6.07, 6.45) is 0.266. The lowest BCUT2D eigenvalue weighted by Crippen LogP contribution is -2.22. The van der Waals surface area contributed by atoms with Crippen molar-refractivity contribution in [1.82, 2.24) is 0 Å². The van der Waals surface area contributed by atoms with E-state index in [-0.39, 0.29) is 41.9 Å². The van der Waals surface area contributed by atoms with Gasteiger partial charge in [0.1, 0.15) is 0 Å². The summed E-state index contributed by atoms with van der Waals surface area (Å²) in [6.45, 7) is 0.0166. The van der Waals surface area contributed by atoms with Gasteiger partial charge in [0.25, 0.3) is 0 Å². The molecule has 0 aliphatic heterocycles. The molecule has 140 valence electrons. The fraction of sp³-hybridized carbons (Fsp3) is 0.158. The van der Waals surface area contributed by atoms with Crippen molar-refractivity contribution in [2.24, 2.45) is 0 Å². The lowest BCUT2D eigenvalue weighted by molar-refractivity contribution is -0.255. The Bertz CT molecular complexity index is 766. The molecule has 0 saturated carbocycles. The number of hydrogen-bond acceptors (Lipinski definition) is 7. The van der Waals surface area contributed by atoms with E-state index in [0.717, 1.165) is 0 Å². The molecule has 2 aromatic carbocycles. The minimum absolute atomic E-state index is 0.00625. The van der Waals surface area contributed by atoms with Gasteiger partial charge in [-0.3, -0.25) is 0 Å². The van der Waals surface area contributed by atoms with Crippen molar-refractivity contribution < 1.29 is 38.9 Å². The molecule has 0 spiro atoms. The van der Waals surface area contributed by atoms with Gasteiger partial charge in [-0.15, -0.1) is 0 Å². The molecule has 0 fully saturated rings. The zero-order chi connectivity index (χ0) is 19.8. The van der Waals surface area contributed by atoms with Crippen LogP contribution in [0.4, 0.5) is 0 Å². The standard InChI is InChI=1S/C19H16O8/c20-16(21)12-2-6-14(7-3-12)18(24)26-10-1-11-27-19(25)15-8-4-13(5-9-15)17(22)23/h2-9H,1,10-11H2,(H,20,21)(H,22,23)/p-1. The van der Waals surface area contributed by atoms with Crippen LogP contribution in [0.3, 0.4) is 0 Å². The number of esters is 2. The zero-order valence-electron chi connectivity index (χ0n) is 14.0. The molecule has 0 radical (unpaired) electrons. The van der Waals surface area contributed by atoms with Crippen LogP contribution in [0, 0.1) is 0 Å². The van der Waals surface area contributed by atoms with E-state index < -0.39 is 23.9 Å². The number of carbonyl (C=O) groups excluding carboxylic acids is 3. The van der Waals surface area contributed by atoms with Crippen molar-refractivity contribution >= 4 is 23.9 Å². The summed E-state index contributed by atoms with van der Waals surface area (Å²) in [4.78, 5) is 45.0. The number of ether oxygens (including phenoxy) is 2. The van der Waals surface area contributed by atoms with Gasteiger partial charge in [-0.2, -0.15) is 0 Å². The lowest BCUT2D eigenvalue weighted by atomic mass is 10.1. The number of benzene rings is 2. The summed E-state index contributed by atoms with van der Waals surface area (Å²) in [7, 11) is 0. The predicted octanol–water partition coefficient (Wildman–Crippen LogP) is 1.15. The van der Waals surface area contributed by atoms with Gasteiger partial charge < -0.3 is 24.5 Å². The molecule has 2 rings (SSSR count). The van der Waals surface area contributed by atoms with Gasteiger partial charge in [0.05, 0.1) is 35.9 Å². The largest absolute Gasteiger partial charge is 0.545 e. The molecule has 0 aliphatic carbocycles. The third-order valence-electron chi connectivity index (χ3n) is 3.48. The Morgan fingerprint density at radius 1 is 0.704 bits per heavy atom. The molecule has 0 heterocycles. The first-order chi connectivity index (χ1) is 12.9. The maximum absolute atomic E-state index is 11.8. The number of carboxylic acids is 2. The van der Waals surface area contributed by atoms with E-state index in [9.17, 15) is 24.3 Å². The molecule has 2 aromatic rings. The number of aromatic carboxylic acids is 2. The molecule has 0 aromatic heterocycles. The van der Waals surface area contributed by atoms with E-state index in [4.69, 9.17) is 14.6 Å². The summed E-state index contributed by atoms with van der Waals surface area (Å²) in [5, 5.41) is 19.4. The Morgan fingerprint density at radius 2 is 1.07 bits per heavy atom.